The number of amides is 2. The third kappa shape index (κ3) is 4.10. The lowest BCUT2D eigenvalue weighted by Gasteiger charge is -2.15. The topological polar surface area (TPSA) is 63.1 Å². The van der Waals surface area contributed by atoms with Crippen molar-refractivity contribution in [2.45, 2.75) is 6.54 Å². The lowest BCUT2D eigenvalue weighted by Crippen LogP contribution is -2.30. The molecule has 0 bridgehead atoms. The fourth-order valence-corrected chi connectivity index (χ4v) is 3.48. The second-order valence-corrected chi connectivity index (χ2v) is 7.18. The van der Waals surface area contributed by atoms with E-state index in [1.54, 1.807) is 22.8 Å². The maximum atomic E-state index is 12.5. The number of hydrogen-bond acceptors (Lipinski definition) is 4. The molecular weight excluding hydrogens is 370 g/mol. The highest BCUT2D eigenvalue weighted by Gasteiger charge is 2.13. The van der Waals surface area contributed by atoms with Crippen molar-refractivity contribution in [3.05, 3.63) is 84.0 Å². The van der Waals surface area contributed by atoms with E-state index >= 15 is 0 Å². The first-order chi connectivity index (χ1) is 13.7. The van der Waals surface area contributed by atoms with Crippen molar-refractivity contribution in [2.75, 3.05) is 12.4 Å². The van der Waals surface area contributed by atoms with Gasteiger partial charge in [0, 0.05) is 29.8 Å². The molecule has 0 spiro atoms. The Kier molecular flexibility index (Phi) is 5.16. The zero-order chi connectivity index (χ0) is 19.3. The standard InChI is InChI=1S/C21H19N5OS/c1-25(13-16-12-22-26(14-16)18-10-6-3-7-11-18)21(27)24-20-23-19(15-28-20)17-8-4-2-5-9-17/h2-12,14-15H,13H2,1H3,(H,23,24,27). The number of benzene rings is 2. The third-order valence-corrected chi connectivity index (χ3v) is 4.97. The Hall–Kier alpha value is -3.45. The average Bonchev–Trinajstić information content (AvgIpc) is 3.39. The number of urea groups is 1. The summed E-state index contributed by atoms with van der Waals surface area (Å²) >= 11 is 1.41. The lowest BCUT2D eigenvalue weighted by atomic mass is 10.2. The van der Waals surface area contributed by atoms with E-state index in [4.69, 9.17) is 0 Å². The molecule has 0 atom stereocenters. The van der Waals surface area contributed by atoms with E-state index in [2.05, 4.69) is 15.4 Å². The number of para-hydroxylation sites is 1. The molecule has 0 unspecified atom stereocenters. The zero-order valence-electron chi connectivity index (χ0n) is 15.3. The van der Waals surface area contributed by atoms with Gasteiger partial charge in [0.05, 0.1) is 24.1 Å². The second kappa shape index (κ2) is 8.06. The minimum atomic E-state index is -0.207. The molecule has 6 nitrogen and oxygen atoms in total. The number of nitrogens with one attached hydrogen (secondary N) is 1. The van der Waals surface area contributed by atoms with Gasteiger partial charge in [-0.05, 0) is 12.1 Å². The number of rotatable bonds is 5. The minimum absolute atomic E-state index is 0.207. The molecule has 2 heterocycles. The van der Waals surface area contributed by atoms with Gasteiger partial charge < -0.3 is 4.90 Å². The summed E-state index contributed by atoms with van der Waals surface area (Å²) in [5.41, 5.74) is 3.82. The molecule has 28 heavy (non-hydrogen) atoms. The lowest BCUT2D eigenvalue weighted by molar-refractivity contribution is 0.220. The number of anilines is 1. The van der Waals surface area contributed by atoms with E-state index in [0.717, 1.165) is 22.5 Å². The average molecular weight is 389 g/mol. The fraction of sp³-hybridized carbons (Fsp3) is 0.0952. The van der Waals surface area contributed by atoms with Crippen LogP contribution in [0.25, 0.3) is 16.9 Å². The first-order valence-corrected chi connectivity index (χ1v) is 9.69. The smallest absolute Gasteiger partial charge is 0.323 e. The van der Waals surface area contributed by atoms with Gasteiger partial charge in [0.1, 0.15) is 0 Å². The predicted molar refractivity (Wildman–Crippen MR) is 112 cm³/mol. The SMILES string of the molecule is CN(Cc1cnn(-c2ccccc2)c1)C(=O)Nc1nc(-c2ccccc2)cs1. The van der Waals surface area contributed by atoms with Gasteiger partial charge in [0.2, 0.25) is 0 Å². The predicted octanol–water partition coefficient (Wildman–Crippen LogP) is 4.66. The van der Waals surface area contributed by atoms with Crippen LogP contribution in [0.1, 0.15) is 5.56 Å². The number of carbonyl (C=O) groups is 1. The van der Waals surface area contributed by atoms with Crippen LogP contribution < -0.4 is 5.32 Å². The van der Waals surface area contributed by atoms with E-state index in [0.29, 0.717) is 11.7 Å². The summed E-state index contributed by atoms with van der Waals surface area (Å²) in [6.07, 6.45) is 3.70. The van der Waals surface area contributed by atoms with Crippen molar-refractivity contribution in [3.63, 3.8) is 0 Å². The molecule has 0 radical (unpaired) electrons. The van der Waals surface area contributed by atoms with Crippen LogP contribution in [0.15, 0.2) is 78.4 Å². The van der Waals surface area contributed by atoms with Crippen LogP contribution in [0.2, 0.25) is 0 Å². The van der Waals surface area contributed by atoms with E-state index in [9.17, 15) is 4.79 Å². The van der Waals surface area contributed by atoms with E-state index in [1.165, 1.54) is 11.3 Å². The quantitative estimate of drug-likeness (QED) is 0.540. The maximum absolute atomic E-state index is 12.5. The summed E-state index contributed by atoms with van der Waals surface area (Å²) in [4.78, 5) is 18.6. The zero-order valence-corrected chi connectivity index (χ0v) is 16.1. The van der Waals surface area contributed by atoms with Gasteiger partial charge in [-0.3, -0.25) is 5.32 Å². The van der Waals surface area contributed by atoms with Crippen molar-refractivity contribution in [1.29, 1.82) is 0 Å². The van der Waals surface area contributed by atoms with Crippen molar-refractivity contribution < 1.29 is 4.79 Å². The molecule has 0 aliphatic heterocycles. The van der Waals surface area contributed by atoms with E-state index in [1.807, 2.05) is 72.2 Å². The van der Waals surface area contributed by atoms with Crippen LogP contribution in [0, 0.1) is 0 Å². The molecule has 2 amide bonds. The van der Waals surface area contributed by atoms with Gasteiger partial charge in [0.25, 0.3) is 0 Å². The van der Waals surface area contributed by atoms with Crippen LogP contribution in [0.3, 0.4) is 0 Å². The number of hydrogen-bond donors (Lipinski definition) is 1. The number of nitrogens with zero attached hydrogens (tertiary/aromatic N) is 4. The Morgan fingerprint density at radius 3 is 2.57 bits per heavy atom. The Bertz CT molecular complexity index is 1060. The first kappa shape index (κ1) is 17.9. The highest BCUT2D eigenvalue weighted by Crippen LogP contribution is 2.24. The molecule has 1 N–H and O–H groups in total. The number of thiazole rings is 1. The second-order valence-electron chi connectivity index (χ2n) is 6.32. The van der Waals surface area contributed by atoms with Crippen LogP contribution >= 0.6 is 11.3 Å². The summed E-state index contributed by atoms with van der Waals surface area (Å²) in [6.45, 7) is 0.454. The molecule has 4 aromatic rings. The van der Waals surface area contributed by atoms with Gasteiger partial charge in [0.15, 0.2) is 5.13 Å². The Balaban J connectivity index is 1.38. The fourth-order valence-electron chi connectivity index (χ4n) is 2.77. The van der Waals surface area contributed by atoms with Crippen LogP contribution in [-0.4, -0.2) is 32.7 Å². The Morgan fingerprint density at radius 2 is 1.82 bits per heavy atom. The summed E-state index contributed by atoms with van der Waals surface area (Å²) in [7, 11) is 1.75. The molecule has 140 valence electrons. The Morgan fingerprint density at radius 1 is 1.11 bits per heavy atom. The highest BCUT2D eigenvalue weighted by molar-refractivity contribution is 7.14. The Labute approximate surface area is 167 Å². The molecule has 0 aliphatic rings. The maximum Gasteiger partial charge on any atom is 0.323 e. The number of carbonyl (C=O) groups excluding carboxylic acids is 1. The number of aromatic nitrogens is 3. The molecule has 0 saturated carbocycles. The molecule has 0 fully saturated rings. The highest BCUT2D eigenvalue weighted by atomic mass is 32.1. The van der Waals surface area contributed by atoms with Crippen LogP contribution in [0.5, 0.6) is 0 Å². The largest absolute Gasteiger partial charge is 0.323 e. The normalized spacial score (nSPS) is 10.6. The summed E-state index contributed by atoms with van der Waals surface area (Å²) in [5, 5.41) is 9.74. The first-order valence-electron chi connectivity index (χ1n) is 8.81. The van der Waals surface area contributed by atoms with Gasteiger partial charge in [-0.15, -0.1) is 11.3 Å². The van der Waals surface area contributed by atoms with Crippen molar-refractivity contribution in [3.8, 4) is 16.9 Å². The monoisotopic (exact) mass is 389 g/mol. The van der Waals surface area contributed by atoms with E-state index < -0.39 is 0 Å². The molecule has 7 heteroatoms. The molecule has 4 rings (SSSR count). The van der Waals surface area contributed by atoms with E-state index in [-0.39, 0.29) is 6.03 Å². The van der Waals surface area contributed by atoms with Crippen molar-refractivity contribution in [2.24, 2.45) is 0 Å². The summed E-state index contributed by atoms with van der Waals surface area (Å²) < 4.78 is 1.80. The molecule has 2 aromatic heterocycles. The van der Waals surface area contributed by atoms with Crippen molar-refractivity contribution >= 4 is 22.5 Å². The van der Waals surface area contributed by atoms with Gasteiger partial charge in [-0.2, -0.15) is 5.10 Å². The van der Waals surface area contributed by atoms with Crippen LogP contribution in [0.4, 0.5) is 9.93 Å². The molecular formula is C21H19N5OS. The van der Waals surface area contributed by atoms with Crippen molar-refractivity contribution in [1.82, 2.24) is 19.7 Å². The molecule has 2 aromatic carbocycles. The summed E-state index contributed by atoms with van der Waals surface area (Å²) in [5.74, 6) is 0. The van der Waals surface area contributed by atoms with Crippen LogP contribution in [-0.2, 0) is 6.54 Å². The molecule has 0 saturated heterocycles. The minimum Gasteiger partial charge on any atom is -0.323 e. The van der Waals surface area contributed by atoms with Gasteiger partial charge in [-0.25, -0.2) is 14.5 Å². The van der Waals surface area contributed by atoms with Gasteiger partial charge >= 0.3 is 6.03 Å². The molecule has 0 aliphatic carbocycles. The third-order valence-electron chi connectivity index (χ3n) is 4.21. The van der Waals surface area contributed by atoms with Gasteiger partial charge in [-0.1, -0.05) is 48.5 Å². The summed E-state index contributed by atoms with van der Waals surface area (Å²) in [6, 6.07) is 19.6.